The van der Waals surface area contributed by atoms with Gasteiger partial charge in [0.2, 0.25) is 5.91 Å². The molecule has 1 atom stereocenters. The molecule has 0 saturated carbocycles. The lowest BCUT2D eigenvalue weighted by Gasteiger charge is -2.09. The standard InChI is InChI=1S/C11H12F2N2O3/c1-6(11(17)18)14-5-10(16)15-9-3-7(12)2-8(13)4-9/h2-4,6,14H,5H2,1H3,(H,15,16)(H,17,18)/t6-/m1/s1. The van der Waals surface area contributed by atoms with E-state index in [0.717, 1.165) is 12.1 Å². The van der Waals surface area contributed by atoms with Crippen molar-refractivity contribution in [2.45, 2.75) is 13.0 Å². The van der Waals surface area contributed by atoms with Crippen LogP contribution in [0.15, 0.2) is 18.2 Å². The third-order valence-corrected chi connectivity index (χ3v) is 2.09. The van der Waals surface area contributed by atoms with Crippen LogP contribution in [-0.4, -0.2) is 29.6 Å². The first-order chi connectivity index (χ1) is 8.38. The van der Waals surface area contributed by atoms with Gasteiger partial charge in [0.15, 0.2) is 0 Å². The van der Waals surface area contributed by atoms with E-state index in [4.69, 9.17) is 5.11 Å². The number of carbonyl (C=O) groups is 2. The molecule has 3 N–H and O–H groups in total. The summed E-state index contributed by atoms with van der Waals surface area (Å²) in [5.74, 6) is -3.30. The van der Waals surface area contributed by atoms with Gasteiger partial charge in [0.25, 0.3) is 0 Å². The Bertz CT molecular complexity index is 445. The van der Waals surface area contributed by atoms with E-state index in [-0.39, 0.29) is 12.2 Å². The van der Waals surface area contributed by atoms with Gasteiger partial charge in [0, 0.05) is 11.8 Å². The van der Waals surface area contributed by atoms with E-state index in [9.17, 15) is 18.4 Å². The van der Waals surface area contributed by atoms with Crippen molar-refractivity contribution >= 4 is 17.6 Å². The molecule has 1 aromatic rings. The molecule has 1 amide bonds. The Balaban J connectivity index is 2.52. The van der Waals surface area contributed by atoms with Crippen molar-refractivity contribution in [3.8, 4) is 0 Å². The van der Waals surface area contributed by atoms with Crippen LogP contribution in [0.1, 0.15) is 6.92 Å². The normalized spacial score (nSPS) is 11.9. The number of rotatable bonds is 5. The molecule has 0 spiro atoms. The van der Waals surface area contributed by atoms with Crippen molar-refractivity contribution in [1.82, 2.24) is 5.32 Å². The van der Waals surface area contributed by atoms with Gasteiger partial charge in [-0.3, -0.25) is 14.9 Å². The molecule has 0 unspecified atom stereocenters. The molecule has 1 aromatic carbocycles. The van der Waals surface area contributed by atoms with Gasteiger partial charge in [-0.25, -0.2) is 8.78 Å². The summed E-state index contributed by atoms with van der Waals surface area (Å²) in [5, 5.41) is 13.2. The summed E-state index contributed by atoms with van der Waals surface area (Å²) in [5.41, 5.74) is -0.0257. The zero-order chi connectivity index (χ0) is 13.7. The average molecular weight is 258 g/mol. The molecular weight excluding hydrogens is 246 g/mol. The van der Waals surface area contributed by atoms with Crippen molar-refractivity contribution in [3.05, 3.63) is 29.8 Å². The summed E-state index contributed by atoms with van der Waals surface area (Å²) < 4.78 is 25.6. The SMILES string of the molecule is C[C@@H](NCC(=O)Nc1cc(F)cc(F)c1)C(=O)O. The fourth-order valence-electron chi connectivity index (χ4n) is 1.16. The highest BCUT2D eigenvalue weighted by molar-refractivity contribution is 5.92. The number of hydrogen-bond acceptors (Lipinski definition) is 3. The smallest absolute Gasteiger partial charge is 0.320 e. The number of hydrogen-bond donors (Lipinski definition) is 3. The number of aliphatic carboxylic acids is 1. The molecule has 0 fully saturated rings. The Hall–Kier alpha value is -2.02. The Kier molecular flexibility index (Phi) is 4.73. The molecule has 0 aliphatic heterocycles. The molecule has 0 aliphatic carbocycles. The number of halogens is 2. The molecule has 0 aromatic heterocycles. The molecule has 5 nitrogen and oxygen atoms in total. The summed E-state index contributed by atoms with van der Waals surface area (Å²) in [6, 6.07) is 1.71. The van der Waals surface area contributed by atoms with Crippen molar-refractivity contribution in [1.29, 1.82) is 0 Å². The van der Waals surface area contributed by atoms with E-state index in [1.807, 2.05) is 0 Å². The van der Waals surface area contributed by atoms with E-state index >= 15 is 0 Å². The van der Waals surface area contributed by atoms with Crippen molar-refractivity contribution in [2.24, 2.45) is 0 Å². The fourth-order valence-corrected chi connectivity index (χ4v) is 1.16. The molecule has 0 radical (unpaired) electrons. The number of carbonyl (C=O) groups excluding carboxylic acids is 1. The molecule has 0 saturated heterocycles. The summed E-state index contributed by atoms with van der Waals surface area (Å²) in [7, 11) is 0. The number of benzene rings is 1. The van der Waals surface area contributed by atoms with Crippen LogP contribution in [0.4, 0.5) is 14.5 Å². The number of nitrogens with one attached hydrogen (secondary N) is 2. The van der Waals surface area contributed by atoms with Gasteiger partial charge in [0.05, 0.1) is 6.54 Å². The predicted octanol–water partition coefficient (Wildman–Crippen LogP) is 0.966. The third-order valence-electron chi connectivity index (χ3n) is 2.09. The third kappa shape index (κ3) is 4.46. The van der Waals surface area contributed by atoms with Gasteiger partial charge < -0.3 is 10.4 Å². The van der Waals surface area contributed by atoms with Crippen LogP contribution >= 0.6 is 0 Å². The van der Waals surface area contributed by atoms with E-state index in [0.29, 0.717) is 6.07 Å². The zero-order valence-corrected chi connectivity index (χ0v) is 9.54. The molecule has 0 heterocycles. The molecule has 7 heteroatoms. The Morgan fingerprint density at radius 3 is 2.33 bits per heavy atom. The number of carboxylic acids is 1. The maximum absolute atomic E-state index is 12.8. The Morgan fingerprint density at radius 1 is 1.28 bits per heavy atom. The summed E-state index contributed by atoms with van der Waals surface area (Å²) in [6.45, 7) is 1.10. The molecule has 98 valence electrons. The highest BCUT2D eigenvalue weighted by atomic mass is 19.1. The van der Waals surface area contributed by atoms with Crippen LogP contribution in [0.25, 0.3) is 0 Å². The summed E-state index contributed by atoms with van der Waals surface area (Å²) >= 11 is 0. The average Bonchev–Trinajstić information content (AvgIpc) is 2.24. The van der Waals surface area contributed by atoms with Gasteiger partial charge in [-0.1, -0.05) is 0 Å². The van der Waals surface area contributed by atoms with Crippen LogP contribution in [0.2, 0.25) is 0 Å². The van der Waals surface area contributed by atoms with Crippen LogP contribution in [0.3, 0.4) is 0 Å². The van der Waals surface area contributed by atoms with Crippen LogP contribution in [0.5, 0.6) is 0 Å². The lowest BCUT2D eigenvalue weighted by molar-refractivity contribution is -0.139. The molecule has 18 heavy (non-hydrogen) atoms. The minimum Gasteiger partial charge on any atom is -0.480 e. The number of anilines is 1. The summed E-state index contributed by atoms with van der Waals surface area (Å²) in [6.07, 6.45) is 0. The van der Waals surface area contributed by atoms with Crippen LogP contribution in [0, 0.1) is 11.6 Å². The van der Waals surface area contributed by atoms with E-state index in [1.165, 1.54) is 6.92 Å². The first kappa shape index (κ1) is 14.0. The van der Waals surface area contributed by atoms with Crippen LogP contribution in [-0.2, 0) is 9.59 Å². The highest BCUT2D eigenvalue weighted by Crippen LogP contribution is 2.12. The zero-order valence-electron chi connectivity index (χ0n) is 9.54. The molecule has 1 rings (SSSR count). The molecule has 0 bridgehead atoms. The van der Waals surface area contributed by atoms with E-state index < -0.39 is 29.6 Å². The minimum absolute atomic E-state index is 0.0257. The summed E-state index contributed by atoms with van der Waals surface area (Å²) in [4.78, 5) is 21.8. The Labute approximate surface area is 102 Å². The quantitative estimate of drug-likeness (QED) is 0.735. The van der Waals surface area contributed by atoms with Gasteiger partial charge in [-0.2, -0.15) is 0 Å². The second kappa shape index (κ2) is 6.06. The maximum atomic E-state index is 12.8. The number of carboxylic acid groups (broad SMARTS) is 1. The predicted molar refractivity (Wildman–Crippen MR) is 60.1 cm³/mol. The van der Waals surface area contributed by atoms with Gasteiger partial charge >= 0.3 is 5.97 Å². The first-order valence-electron chi connectivity index (χ1n) is 5.10. The van der Waals surface area contributed by atoms with Crippen LogP contribution < -0.4 is 10.6 Å². The lowest BCUT2D eigenvalue weighted by Crippen LogP contribution is -2.39. The molecular formula is C11H12F2N2O3. The highest BCUT2D eigenvalue weighted by Gasteiger charge is 2.12. The number of amides is 1. The van der Waals surface area contributed by atoms with E-state index in [2.05, 4.69) is 10.6 Å². The van der Waals surface area contributed by atoms with Crippen molar-refractivity contribution in [2.75, 3.05) is 11.9 Å². The van der Waals surface area contributed by atoms with Gasteiger partial charge in [-0.05, 0) is 19.1 Å². The van der Waals surface area contributed by atoms with Gasteiger partial charge in [0.1, 0.15) is 17.7 Å². The van der Waals surface area contributed by atoms with Gasteiger partial charge in [-0.15, -0.1) is 0 Å². The lowest BCUT2D eigenvalue weighted by atomic mass is 10.3. The Morgan fingerprint density at radius 2 is 1.83 bits per heavy atom. The first-order valence-corrected chi connectivity index (χ1v) is 5.10. The topological polar surface area (TPSA) is 78.4 Å². The van der Waals surface area contributed by atoms with E-state index in [1.54, 1.807) is 0 Å². The van der Waals surface area contributed by atoms with Crippen molar-refractivity contribution < 1.29 is 23.5 Å². The second-order valence-electron chi connectivity index (χ2n) is 3.65. The van der Waals surface area contributed by atoms with Crippen molar-refractivity contribution in [3.63, 3.8) is 0 Å². The largest absolute Gasteiger partial charge is 0.480 e. The monoisotopic (exact) mass is 258 g/mol. The maximum Gasteiger partial charge on any atom is 0.320 e. The molecule has 0 aliphatic rings. The minimum atomic E-state index is -1.10. The second-order valence-corrected chi connectivity index (χ2v) is 3.65. The fraction of sp³-hybridized carbons (Fsp3) is 0.273.